The summed E-state index contributed by atoms with van der Waals surface area (Å²) in [6.07, 6.45) is 0. The molecule has 0 saturated carbocycles. The summed E-state index contributed by atoms with van der Waals surface area (Å²) in [6.45, 7) is 3.88. The minimum Gasteiger partial charge on any atom is -0.461 e. The molecule has 1 heterocycles. The predicted octanol–water partition coefficient (Wildman–Crippen LogP) is 3.77. The van der Waals surface area contributed by atoms with E-state index in [0.29, 0.717) is 22.5 Å². The van der Waals surface area contributed by atoms with E-state index in [1.165, 1.54) is 11.8 Å². The van der Waals surface area contributed by atoms with Crippen molar-refractivity contribution < 1.29 is 9.53 Å². The molecule has 2 aromatic rings. The van der Waals surface area contributed by atoms with Gasteiger partial charge in [0.1, 0.15) is 0 Å². The highest BCUT2D eigenvalue weighted by atomic mass is 35.5. The van der Waals surface area contributed by atoms with Gasteiger partial charge in [0.15, 0.2) is 10.9 Å². The van der Waals surface area contributed by atoms with Crippen molar-refractivity contribution >= 4 is 29.3 Å². The normalized spacial score (nSPS) is 10.3. The van der Waals surface area contributed by atoms with E-state index in [1.807, 2.05) is 18.2 Å². The molecular weight excluding hydrogens is 296 g/mol. The molecule has 0 aliphatic carbocycles. The number of carbonyl (C=O) groups excluding carboxylic acids is 1. The Balaban J connectivity index is 2.29. The summed E-state index contributed by atoms with van der Waals surface area (Å²) in [5.74, 6) is -0.445. The molecule has 2 rings (SSSR count). The zero-order valence-electron chi connectivity index (χ0n) is 11.1. The van der Waals surface area contributed by atoms with Crippen LogP contribution in [0.15, 0.2) is 40.4 Å². The summed E-state index contributed by atoms with van der Waals surface area (Å²) in [6, 6.07) is 9.02. The number of nitrogens with zero attached hydrogens (tertiary/aromatic N) is 2. The maximum Gasteiger partial charge on any atom is 0.357 e. The molecule has 20 heavy (non-hydrogen) atoms. The van der Waals surface area contributed by atoms with Crippen molar-refractivity contribution in [2.75, 3.05) is 6.61 Å². The van der Waals surface area contributed by atoms with Crippen molar-refractivity contribution in [3.8, 4) is 0 Å². The molecule has 6 heteroatoms. The third kappa shape index (κ3) is 3.71. The number of benzene rings is 1. The Morgan fingerprint density at radius 1 is 1.35 bits per heavy atom. The monoisotopic (exact) mass is 308 g/mol. The van der Waals surface area contributed by atoms with Crippen molar-refractivity contribution in [2.24, 2.45) is 0 Å². The van der Waals surface area contributed by atoms with E-state index in [1.54, 1.807) is 26.0 Å². The Morgan fingerprint density at radius 3 is 2.80 bits per heavy atom. The largest absolute Gasteiger partial charge is 0.461 e. The van der Waals surface area contributed by atoms with Crippen molar-refractivity contribution in [3.05, 3.63) is 46.7 Å². The lowest BCUT2D eigenvalue weighted by Gasteiger charge is -2.06. The number of rotatable bonds is 4. The first-order chi connectivity index (χ1) is 9.60. The number of ether oxygens (including phenoxy) is 1. The highest BCUT2D eigenvalue weighted by molar-refractivity contribution is 7.99. The molecule has 0 atom stereocenters. The quantitative estimate of drug-likeness (QED) is 0.635. The number of aromatic nitrogens is 2. The molecule has 0 aliphatic rings. The van der Waals surface area contributed by atoms with Gasteiger partial charge in [-0.1, -0.05) is 23.7 Å². The highest BCUT2D eigenvalue weighted by Gasteiger charge is 2.13. The van der Waals surface area contributed by atoms with Crippen LogP contribution in [-0.4, -0.2) is 22.5 Å². The van der Waals surface area contributed by atoms with Crippen LogP contribution >= 0.6 is 23.4 Å². The Morgan fingerprint density at radius 2 is 2.10 bits per heavy atom. The van der Waals surface area contributed by atoms with E-state index in [0.717, 1.165) is 4.90 Å². The number of carbonyl (C=O) groups is 1. The zero-order valence-corrected chi connectivity index (χ0v) is 12.7. The molecule has 1 aromatic heterocycles. The summed E-state index contributed by atoms with van der Waals surface area (Å²) in [5, 5.41) is 1.10. The third-order valence-electron chi connectivity index (χ3n) is 2.36. The van der Waals surface area contributed by atoms with Gasteiger partial charge in [-0.3, -0.25) is 0 Å². The Kier molecular flexibility index (Phi) is 4.98. The molecule has 0 saturated heterocycles. The van der Waals surface area contributed by atoms with Gasteiger partial charge in [-0.15, -0.1) is 0 Å². The SMILES string of the molecule is CCOC(=O)c1cc(C)nc(Sc2ccccc2Cl)n1. The van der Waals surface area contributed by atoms with E-state index in [2.05, 4.69) is 9.97 Å². The second kappa shape index (κ2) is 6.72. The molecule has 1 aromatic carbocycles. The summed E-state index contributed by atoms with van der Waals surface area (Å²) in [7, 11) is 0. The van der Waals surface area contributed by atoms with Crippen molar-refractivity contribution in [2.45, 2.75) is 23.9 Å². The first-order valence-electron chi connectivity index (χ1n) is 6.05. The summed E-state index contributed by atoms with van der Waals surface area (Å²) < 4.78 is 4.95. The number of halogens is 1. The average molecular weight is 309 g/mol. The lowest BCUT2D eigenvalue weighted by atomic mass is 10.3. The van der Waals surface area contributed by atoms with Crippen LogP contribution in [0.2, 0.25) is 5.02 Å². The molecule has 0 bridgehead atoms. The second-order valence-electron chi connectivity index (χ2n) is 3.93. The lowest BCUT2D eigenvalue weighted by molar-refractivity contribution is 0.0518. The van der Waals surface area contributed by atoms with Gasteiger partial charge in [0.2, 0.25) is 0 Å². The number of hydrogen-bond donors (Lipinski definition) is 0. The van der Waals surface area contributed by atoms with Gasteiger partial charge in [-0.25, -0.2) is 14.8 Å². The maximum atomic E-state index is 11.7. The van der Waals surface area contributed by atoms with E-state index in [9.17, 15) is 4.79 Å². The van der Waals surface area contributed by atoms with E-state index >= 15 is 0 Å². The maximum absolute atomic E-state index is 11.7. The second-order valence-corrected chi connectivity index (χ2v) is 5.35. The minimum atomic E-state index is -0.445. The van der Waals surface area contributed by atoms with Crippen LogP contribution in [0.25, 0.3) is 0 Å². The van der Waals surface area contributed by atoms with Gasteiger partial charge in [-0.05, 0) is 43.8 Å². The van der Waals surface area contributed by atoms with E-state index in [4.69, 9.17) is 16.3 Å². The van der Waals surface area contributed by atoms with Crippen LogP contribution in [-0.2, 0) is 4.74 Å². The standard InChI is InChI=1S/C14H13ClN2O2S/c1-3-19-13(18)11-8-9(2)16-14(17-11)20-12-7-5-4-6-10(12)15/h4-8H,3H2,1-2H3. The molecule has 0 unspecified atom stereocenters. The van der Waals surface area contributed by atoms with Gasteiger partial charge in [0.05, 0.1) is 11.6 Å². The van der Waals surface area contributed by atoms with Gasteiger partial charge in [0, 0.05) is 10.6 Å². The number of hydrogen-bond acceptors (Lipinski definition) is 5. The van der Waals surface area contributed by atoms with Crippen molar-refractivity contribution in [1.82, 2.24) is 9.97 Å². The van der Waals surface area contributed by atoms with Crippen LogP contribution in [0, 0.1) is 6.92 Å². The molecule has 104 valence electrons. The molecule has 0 fully saturated rings. The first kappa shape index (κ1) is 14.8. The summed E-state index contributed by atoms with van der Waals surface area (Å²) >= 11 is 7.41. The Bertz CT molecular complexity index is 634. The summed E-state index contributed by atoms with van der Waals surface area (Å²) in [4.78, 5) is 21.1. The molecule has 4 nitrogen and oxygen atoms in total. The van der Waals surface area contributed by atoms with Crippen molar-refractivity contribution in [1.29, 1.82) is 0 Å². The summed E-state index contributed by atoms with van der Waals surface area (Å²) in [5.41, 5.74) is 0.964. The van der Waals surface area contributed by atoms with Crippen LogP contribution in [0.4, 0.5) is 0 Å². The van der Waals surface area contributed by atoms with Gasteiger partial charge in [-0.2, -0.15) is 0 Å². The molecule has 0 N–H and O–H groups in total. The fraction of sp³-hybridized carbons (Fsp3) is 0.214. The van der Waals surface area contributed by atoms with Crippen LogP contribution in [0.5, 0.6) is 0 Å². The lowest BCUT2D eigenvalue weighted by Crippen LogP contribution is -2.09. The van der Waals surface area contributed by atoms with Gasteiger partial charge >= 0.3 is 5.97 Å². The smallest absolute Gasteiger partial charge is 0.357 e. The molecule has 0 spiro atoms. The van der Waals surface area contributed by atoms with E-state index in [-0.39, 0.29) is 5.69 Å². The molecule has 0 radical (unpaired) electrons. The van der Waals surface area contributed by atoms with Crippen LogP contribution < -0.4 is 0 Å². The van der Waals surface area contributed by atoms with Crippen LogP contribution in [0.1, 0.15) is 23.1 Å². The van der Waals surface area contributed by atoms with Gasteiger partial charge < -0.3 is 4.74 Å². The van der Waals surface area contributed by atoms with Crippen LogP contribution in [0.3, 0.4) is 0 Å². The molecular formula is C14H13ClN2O2S. The number of aryl methyl sites for hydroxylation is 1. The molecule has 0 aliphatic heterocycles. The predicted molar refractivity (Wildman–Crippen MR) is 78.3 cm³/mol. The number of esters is 1. The van der Waals surface area contributed by atoms with E-state index < -0.39 is 5.97 Å². The fourth-order valence-corrected chi connectivity index (χ4v) is 2.62. The third-order valence-corrected chi connectivity index (χ3v) is 3.74. The van der Waals surface area contributed by atoms with Gasteiger partial charge in [0.25, 0.3) is 0 Å². The minimum absolute atomic E-state index is 0.258. The topological polar surface area (TPSA) is 52.1 Å². The zero-order chi connectivity index (χ0) is 14.5. The first-order valence-corrected chi connectivity index (χ1v) is 7.24. The Hall–Kier alpha value is -1.59. The average Bonchev–Trinajstić information content (AvgIpc) is 2.41. The molecule has 0 amide bonds. The van der Waals surface area contributed by atoms with Crippen molar-refractivity contribution in [3.63, 3.8) is 0 Å². The Labute approximate surface area is 126 Å². The highest BCUT2D eigenvalue weighted by Crippen LogP contribution is 2.31. The fourth-order valence-electron chi connectivity index (χ4n) is 1.52.